The summed E-state index contributed by atoms with van der Waals surface area (Å²) in [4.78, 5) is 30.1. The molecule has 0 radical (unpaired) electrons. The summed E-state index contributed by atoms with van der Waals surface area (Å²) < 4.78 is 40.4. The molecule has 3 rings (SSSR count). The van der Waals surface area contributed by atoms with Crippen molar-refractivity contribution >= 4 is 39.6 Å². The first-order chi connectivity index (χ1) is 16.8. The largest absolute Gasteiger partial charge is 0.465 e. The van der Waals surface area contributed by atoms with E-state index >= 15 is 0 Å². The molecular formula is C24H31ClN4O6S. The Morgan fingerprint density at radius 1 is 1.19 bits per heavy atom. The Kier molecular flexibility index (Phi) is 8.48. The van der Waals surface area contributed by atoms with Crippen LogP contribution in [0.25, 0.3) is 0 Å². The number of methoxy groups -OCH3 is 1. The van der Waals surface area contributed by atoms with Gasteiger partial charge in [-0.15, -0.1) is 0 Å². The fourth-order valence-corrected chi connectivity index (χ4v) is 5.56. The van der Waals surface area contributed by atoms with Crippen molar-refractivity contribution in [3.8, 4) is 0 Å². The third-order valence-electron chi connectivity index (χ3n) is 5.47. The lowest BCUT2D eigenvalue weighted by atomic mass is 10.2. The lowest BCUT2D eigenvalue weighted by Crippen LogP contribution is -2.58. The lowest BCUT2D eigenvalue weighted by Gasteiger charge is -2.41. The maximum absolute atomic E-state index is 13.8. The van der Waals surface area contributed by atoms with E-state index in [2.05, 4.69) is 4.98 Å². The van der Waals surface area contributed by atoms with Gasteiger partial charge in [-0.2, -0.15) is 12.7 Å². The van der Waals surface area contributed by atoms with Gasteiger partial charge in [0.05, 0.1) is 30.6 Å². The fourth-order valence-electron chi connectivity index (χ4n) is 3.71. The van der Waals surface area contributed by atoms with Crippen LogP contribution in [0.1, 0.15) is 43.7 Å². The predicted molar refractivity (Wildman–Crippen MR) is 136 cm³/mol. The Morgan fingerprint density at radius 3 is 2.47 bits per heavy atom. The first-order valence-electron chi connectivity index (χ1n) is 11.4. The smallest absolute Gasteiger partial charge is 0.410 e. The van der Waals surface area contributed by atoms with E-state index in [-0.39, 0.29) is 31.7 Å². The molecule has 2 aromatic rings. The highest BCUT2D eigenvalue weighted by atomic mass is 35.5. The van der Waals surface area contributed by atoms with Gasteiger partial charge in [0.25, 0.3) is 0 Å². The van der Waals surface area contributed by atoms with Crippen molar-refractivity contribution in [1.82, 2.24) is 14.2 Å². The second-order valence-electron chi connectivity index (χ2n) is 9.40. The molecule has 1 amide bonds. The molecule has 12 heteroatoms. The standard InChI is InChI=1S/C24H31ClN4O6S/c1-17-15-27(11-12-28(17)23(31)35-24(2,3)4)36(32,33)29(21-8-6-7-19(25)13-21)16-20-10-9-18(14-26-20)22(30)34-5/h6-10,13-14,17H,11-12,15-16H2,1-5H3. The average Bonchev–Trinajstić information content (AvgIpc) is 2.81. The number of aromatic nitrogens is 1. The molecule has 0 N–H and O–H groups in total. The third kappa shape index (κ3) is 6.65. The zero-order valence-electron chi connectivity index (χ0n) is 21.0. The van der Waals surface area contributed by atoms with Crippen LogP contribution >= 0.6 is 11.6 Å². The van der Waals surface area contributed by atoms with Crippen LogP contribution < -0.4 is 4.31 Å². The van der Waals surface area contributed by atoms with E-state index in [4.69, 9.17) is 21.1 Å². The molecule has 1 atom stereocenters. The van der Waals surface area contributed by atoms with E-state index in [1.165, 1.54) is 32.9 Å². The van der Waals surface area contributed by atoms with Gasteiger partial charge >= 0.3 is 22.3 Å². The lowest BCUT2D eigenvalue weighted by molar-refractivity contribution is 0.00855. The van der Waals surface area contributed by atoms with Gasteiger partial charge < -0.3 is 14.4 Å². The molecule has 1 aliphatic rings. The Morgan fingerprint density at radius 2 is 1.92 bits per heavy atom. The van der Waals surface area contributed by atoms with Gasteiger partial charge in [-0.25, -0.2) is 9.59 Å². The predicted octanol–water partition coefficient (Wildman–Crippen LogP) is 3.71. The molecule has 0 spiro atoms. The zero-order valence-corrected chi connectivity index (χ0v) is 22.5. The maximum Gasteiger partial charge on any atom is 0.410 e. The molecular weight excluding hydrogens is 508 g/mol. The van der Waals surface area contributed by atoms with E-state index in [0.717, 1.165) is 0 Å². The molecule has 36 heavy (non-hydrogen) atoms. The van der Waals surface area contributed by atoms with Crippen LogP contribution in [0.3, 0.4) is 0 Å². The van der Waals surface area contributed by atoms with Gasteiger partial charge in [0, 0.05) is 36.9 Å². The van der Waals surface area contributed by atoms with Crippen molar-refractivity contribution in [1.29, 1.82) is 0 Å². The summed E-state index contributed by atoms with van der Waals surface area (Å²) in [5.74, 6) is -0.537. The van der Waals surface area contributed by atoms with Crippen molar-refractivity contribution in [2.75, 3.05) is 31.0 Å². The molecule has 1 aromatic carbocycles. The molecule has 1 unspecified atom stereocenters. The summed E-state index contributed by atoms with van der Waals surface area (Å²) >= 11 is 6.17. The van der Waals surface area contributed by atoms with Gasteiger partial charge in [-0.05, 0) is 58.0 Å². The van der Waals surface area contributed by atoms with Crippen LogP contribution in [-0.4, -0.2) is 73.1 Å². The molecule has 2 heterocycles. The summed E-state index contributed by atoms with van der Waals surface area (Å²) in [6.45, 7) is 7.41. The number of hydrogen-bond acceptors (Lipinski definition) is 7. The van der Waals surface area contributed by atoms with Crippen molar-refractivity contribution in [2.45, 2.75) is 45.9 Å². The van der Waals surface area contributed by atoms with E-state index in [1.807, 2.05) is 0 Å². The number of rotatable bonds is 6. The average molecular weight is 539 g/mol. The first kappa shape index (κ1) is 27.7. The monoisotopic (exact) mass is 538 g/mol. The molecule has 0 bridgehead atoms. The maximum atomic E-state index is 13.8. The van der Waals surface area contributed by atoms with E-state index in [9.17, 15) is 18.0 Å². The van der Waals surface area contributed by atoms with Crippen molar-refractivity contribution in [2.24, 2.45) is 0 Å². The number of pyridine rings is 1. The summed E-state index contributed by atoms with van der Waals surface area (Å²) in [6, 6.07) is 9.22. The molecule has 1 aromatic heterocycles. The fraction of sp³-hybridized carbons (Fsp3) is 0.458. The second kappa shape index (κ2) is 11.0. The Labute approximate surface area is 216 Å². The molecule has 1 aliphatic heterocycles. The minimum Gasteiger partial charge on any atom is -0.465 e. The number of hydrogen-bond donors (Lipinski definition) is 0. The topological polar surface area (TPSA) is 109 Å². The number of amides is 1. The number of halogens is 1. The zero-order chi connectivity index (χ0) is 26.7. The van der Waals surface area contributed by atoms with Crippen LogP contribution in [0, 0.1) is 0 Å². The van der Waals surface area contributed by atoms with E-state index in [1.54, 1.807) is 58.0 Å². The number of benzene rings is 1. The number of anilines is 1. The third-order valence-corrected chi connectivity index (χ3v) is 7.59. The normalized spacial score (nSPS) is 16.9. The highest BCUT2D eigenvalue weighted by Crippen LogP contribution is 2.27. The minimum absolute atomic E-state index is 0.0906. The van der Waals surface area contributed by atoms with Crippen molar-refractivity contribution in [3.05, 3.63) is 58.9 Å². The SMILES string of the molecule is COC(=O)c1ccc(CN(c2cccc(Cl)c2)S(=O)(=O)N2CCN(C(=O)OC(C)(C)C)C(C)C2)nc1. The van der Waals surface area contributed by atoms with Crippen LogP contribution in [-0.2, 0) is 26.2 Å². The van der Waals surface area contributed by atoms with E-state index in [0.29, 0.717) is 16.4 Å². The number of carbonyl (C=O) groups excluding carboxylic acids is 2. The van der Waals surface area contributed by atoms with Gasteiger partial charge in [-0.3, -0.25) is 9.29 Å². The Bertz CT molecular complexity index is 1200. The van der Waals surface area contributed by atoms with Crippen LogP contribution in [0.15, 0.2) is 42.6 Å². The van der Waals surface area contributed by atoms with Crippen LogP contribution in [0.4, 0.5) is 10.5 Å². The molecule has 10 nitrogen and oxygen atoms in total. The van der Waals surface area contributed by atoms with Crippen molar-refractivity contribution in [3.63, 3.8) is 0 Å². The number of carbonyl (C=O) groups is 2. The summed E-state index contributed by atoms with van der Waals surface area (Å²) in [7, 11) is -2.77. The molecule has 196 valence electrons. The summed E-state index contributed by atoms with van der Waals surface area (Å²) in [5, 5.41) is 0.379. The molecule has 0 saturated carbocycles. The highest BCUT2D eigenvalue weighted by molar-refractivity contribution is 7.90. The second-order valence-corrected chi connectivity index (χ2v) is 11.7. The number of nitrogens with zero attached hydrogens (tertiary/aromatic N) is 4. The highest BCUT2D eigenvalue weighted by Gasteiger charge is 2.38. The number of ether oxygens (including phenoxy) is 2. The quantitative estimate of drug-likeness (QED) is 0.515. The molecule has 0 aliphatic carbocycles. The molecule has 1 fully saturated rings. The van der Waals surface area contributed by atoms with Gasteiger partial charge in [0.1, 0.15) is 5.60 Å². The molecule has 1 saturated heterocycles. The minimum atomic E-state index is -4.04. The number of piperazine rings is 1. The Balaban J connectivity index is 1.86. The first-order valence-corrected chi connectivity index (χ1v) is 13.2. The van der Waals surface area contributed by atoms with Crippen LogP contribution in [0.5, 0.6) is 0 Å². The van der Waals surface area contributed by atoms with E-state index < -0.39 is 33.9 Å². The van der Waals surface area contributed by atoms with Gasteiger partial charge in [0.15, 0.2) is 0 Å². The summed E-state index contributed by atoms with van der Waals surface area (Å²) in [5.41, 5.74) is 0.389. The van der Waals surface area contributed by atoms with Crippen LogP contribution in [0.2, 0.25) is 5.02 Å². The summed E-state index contributed by atoms with van der Waals surface area (Å²) in [6.07, 6.45) is 0.861. The van der Waals surface area contributed by atoms with Crippen molar-refractivity contribution < 1.29 is 27.5 Å². The number of esters is 1. The van der Waals surface area contributed by atoms with Gasteiger partial charge in [0.2, 0.25) is 0 Å². The van der Waals surface area contributed by atoms with Gasteiger partial charge in [-0.1, -0.05) is 17.7 Å². The Hall–Kier alpha value is -2.89.